The van der Waals surface area contributed by atoms with E-state index in [0.717, 1.165) is 24.6 Å². The lowest BCUT2D eigenvalue weighted by molar-refractivity contribution is -0.124. The van der Waals surface area contributed by atoms with Crippen molar-refractivity contribution in [1.29, 1.82) is 0 Å². The summed E-state index contributed by atoms with van der Waals surface area (Å²) in [5.74, 6) is -1.41. The Bertz CT molecular complexity index is 782. The van der Waals surface area contributed by atoms with E-state index in [1.807, 2.05) is 25.1 Å². The number of piperidine rings is 1. The summed E-state index contributed by atoms with van der Waals surface area (Å²) in [6, 6.07) is 11.2. The average Bonchev–Trinajstić information content (AvgIpc) is 2.63. The zero-order valence-electron chi connectivity index (χ0n) is 14.6. The van der Waals surface area contributed by atoms with Gasteiger partial charge in [-0.1, -0.05) is 18.2 Å². The molecule has 2 aromatic carbocycles. The van der Waals surface area contributed by atoms with Gasteiger partial charge in [-0.15, -0.1) is 0 Å². The maximum atomic E-state index is 13.6. The second kappa shape index (κ2) is 8.27. The SMILES string of the molecule is Cc1cccc(OCC(=O)NC2CNCCC2c2ccc(F)c(F)c2)c1. The van der Waals surface area contributed by atoms with Gasteiger partial charge in [0.25, 0.3) is 5.91 Å². The number of ether oxygens (including phenoxy) is 1. The van der Waals surface area contributed by atoms with Crippen LogP contribution in [0.4, 0.5) is 8.78 Å². The Balaban J connectivity index is 1.62. The Hall–Kier alpha value is -2.47. The van der Waals surface area contributed by atoms with Gasteiger partial charge in [0, 0.05) is 18.5 Å². The highest BCUT2D eigenvalue weighted by Crippen LogP contribution is 2.27. The van der Waals surface area contributed by atoms with Gasteiger partial charge < -0.3 is 15.4 Å². The zero-order chi connectivity index (χ0) is 18.5. The molecule has 2 unspecified atom stereocenters. The van der Waals surface area contributed by atoms with Crippen molar-refractivity contribution in [3.05, 3.63) is 65.2 Å². The van der Waals surface area contributed by atoms with E-state index < -0.39 is 11.6 Å². The topological polar surface area (TPSA) is 50.4 Å². The second-order valence-electron chi connectivity index (χ2n) is 6.55. The monoisotopic (exact) mass is 360 g/mol. The molecule has 0 bridgehead atoms. The van der Waals surface area contributed by atoms with Gasteiger partial charge >= 0.3 is 0 Å². The molecular weight excluding hydrogens is 338 g/mol. The summed E-state index contributed by atoms with van der Waals surface area (Å²) in [5.41, 5.74) is 1.74. The molecule has 1 heterocycles. The molecule has 1 amide bonds. The summed E-state index contributed by atoms with van der Waals surface area (Å²) in [4.78, 5) is 12.3. The number of hydrogen-bond donors (Lipinski definition) is 2. The van der Waals surface area contributed by atoms with Crippen LogP contribution in [0.15, 0.2) is 42.5 Å². The van der Waals surface area contributed by atoms with E-state index in [4.69, 9.17) is 4.74 Å². The minimum absolute atomic E-state index is 0.0748. The van der Waals surface area contributed by atoms with Gasteiger partial charge in [0.15, 0.2) is 18.2 Å². The van der Waals surface area contributed by atoms with E-state index in [-0.39, 0.29) is 24.5 Å². The summed E-state index contributed by atoms with van der Waals surface area (Å²) in [7, 11) is 0. The van der Waals surface area contributed by atoms with Crippen LogP contribution in [0.5, 0.6) is 5.75 Å². The molecule has 0 saturated carbocycles. The average molecular weight is 360 g/mol. The maximum absolute atomic E-state index is 13.6. The number of hydrogen-bond acceptors (Lipinski definition) is 3. The van der Waals surface area contributed by atoms with Gasteiger partial charge in [0.2, 0.25) is 0 Å². The largest absolute Gasteiger partial charge is 0.484 e. The highest BCUT2D eigenvalue weighted by Gasteiger charge is 2.28. The maximum Gasteiger partial charge on any atom is 0.258 e. The molecule has 2 N–H and O–H groups in total. The Morgan fingerprint density at radius 2 is 2.08 bits per heavy atom. The summed E-state index contributed by atoms with van der Waals surface area (Å²) in [6.45, 7) is 3.19. The number of amides is 1. The van der Waals surface area contributed by atoms with Crippen molar-refractivity contribution < 1.29 is 18.3 Å². The lowest BCUT2D eigenvalue weighted by Crippen LogP contribution is -2.51. The molecule has 1 aliphatic rings. The van der Waals surface area contributed by atoms with E-state index in [2.05, 4.69) is 10.6 Å². The quantitative estimate of drug-likeness (QED) is 0.862. The first-order valence-electron chi connectivity index (χ1n) is 8.67. The fourth-order valence-electron chi connectivity index (χ4n) is 3.25. The van der Waals surface area contributed by atoms with Crippen LogP contribution in [0, 0.1) is 18.6 Å². The molecule has 0 aromatic heterocycles. The predicted octanol–water partition coefficient (Wildman–Crippen LogP) is 2.91. The zero-order valence-corrected chi connectivity index (χ0v) is 14.6. The minimum Gasteiger partial charge on any atom is -0.484 e. The summed E-state index contributed by atoms with van der Waals surface area (Å²) in [6.07, 6.45) is 0.731. The van der Waals surface area contributed by atoms with Crippen molar-refractivity contribution in [3.8, 4) is 5.75 Å². The number of nitrogens with one attached hydrogen (secondary N) is 2. The van der Waals surface area contributed by atoms with E-state index in [0.29, 0.717) is 17.9 Å². The molecule has 2 atom stereocenters. The van der Waals surface area contributed by atoms with E-state index in [1.165, 1.54) is 6.07 Å². The molecule has 1 aliphatic heterocycles. The van der Waals surface area contributed by atoms with Gasteiger partial charge in [-0.2, -0.15) is 0 Å². The molecule has 3 rings (SSSR count). The van der Waals surface area contributed by atoms with Crippen molar-refractivity contribution in [3.63, 3.8) is 0 Å². The summed E-state index contributed by atoms with van der Waals surface area (Å²) < 4.78 is 32.3. The van der Waals surface area contributed by atoms with Crippen LogP contribution in [0.25, 0.3) is 0 Å². The molecule has 1 fully saturated rings. The Kier molecular flexibility index (Phi) is 5.83. The number of benzene rings is 2. The molecule has 0 spiro atoms. The third-order valence-corrected chi connectivity index (χ3v) is 4.56. The molecule has 6 heteroatoms. The molecule has 138 valence electrons. The lowest BCUT2D eigenvalue weighted by Gasteiger charge is -2.33. The van der Waals surface area contributed by atoms with Gasteiger partial charge in [0.1, 0.15) is 5.75 Å². The van der Waals surface area contributed by atoms with Gasteiger partial charge in [-0.05, 0) is 55.3 Å². The van der Waals surface area contributed by atoms with Crippen LogP contribution in [0.3, 0.4) is 0 Å². The predicted molar refractivity (Wildman–Crippen MR) is 95.2 cm³/mol. The van der Waals surface area contributed by atoms with Crippen molar-refractivity contribution in [1.82, 2.24) is 10.6 Å². The number of aryl methyl sites for hydroxylation is 1. The first kappa shape index (κ1) is 18.3. The van der Waals surface area contributed by atoms with Crippen molar-refractivity contribution in [2.75, 3.05) is 19.7 Å². The lowest BCUT2D eigenvalue weighted by atomic mass is 9.86. The molecule has 0 radical (unpaired) electrons. The van der Waals surface area contributed by atoms with Crippen LogP contribution in [-0.4, -0.2) is 31.6 Å². The Morgan fingerprint density at radius 1 is 1.23 bits per heavy atom. The molecule has 26 heavy (non-hydrogen) atoms. The van der Waals surface area contributed by atoms with Gasteiger partial charge in [-0.3, -0.25) is 4.79 Å². The van der Waals surface area contributed by atoms with Crippen molar-refractivity contribution in [2.24, 2.45) is 0 Å². The standard InChI is InChI=1S/C20H22F2N2O2/c1-13-3-2-4-15(9-13)26-12-20(25)24-19-11-23-8-7-16(19)14-5-6-17(21)18(22)10-14/h2-6,9-10,16,19,23H,7-8,11-12H2,1H3,(H,24,25). The smallest absolute Gasteiger partial charge is 0.258 e. The first-order chi connectivity index (χ1) is 12.5. The van der Waals surface area contributed by atoms with E-state index in [1.54, 1.807) is 12.1 Å². The van der Waals surface area contributed by atoms with E-state index >= 15 is 0 Å². The summed E-state index contributed by atoms with van der Waals surface area (Å²) in [5, 5.41) is 6.17. The normalized spacial score (nSPS) is 19.8. The van der Waals surface area contributed by atoms with Crippen LogP contribution in [-0.2, 0) is 4.79 Å². The van der Waals surface area contributed by atoms with Gasteiger partial charge in [-0.25, -0.2) is 8.78 Å². The third-order valence-electron chi connectivity index (χ3n) is 4.56. The Morgan fingerprint density at radius 3 is 2.85 bits per heavy atom. The van der Waals surface area contributed by atoms with Crippen LogP contribution in [0.2, 0.25) is 0 Å². The molecule has 1 saturated heterocycles. The van der Waals surface area contributed by atoms with E-state index in [9.17, 15) is 13.6 Å². The summed E-state index contributed by atoms with van der Waals surface area (Å²) >= 11 is 0. The highest BCUT2D eigenvalue weighted by atomic mass is 19.2. The van der Waals surface area contributed by atoms with Crippen molar-refractivity contribution >= 4 is 5.91 Å². The fraction of sp³-hybridized carbons (Fsp3) is 0.350. The molecule has 0 aliphatic carbocycles. The molecular formula is C20H22F2N2O2. The number of halogens is 2. The molecule has 4 nitrogen and oxygen atoms in total. The Labute approximate surface area is 151 Å². The van der Waals surface area contributed by atoms with Gasteiger partial charge in [0.05, 0.1) is 0 Å². The van der Waals surface area contributed by atoms with Crippen LogP contribution >= 0.6 is 0 Å². The van der Waals surface area contributed by atoms with Crippen LogP contribution in [0.1, 0.15) is 23.5 Å². The third kappa shape index (κ3) is 4.58. The van der Waals surface area contributed by atoms with Crippen LogP contribution < -0.4 is 15.4 Å². The minimum atomic E-state index is -0.867. The first-order valence-corrected chi connectivity index (χ1v) is 8.67. The highest BCUT2D eigenvalue weighted by molar-refractivity contribution is 5.78. The molecule has 2 aromatic rings. The number of carbonyl (C=O) groups is 1. The van der Waals surface area contributed by atoms with Crippen molar-refractivity contribution in [2.45, 2.75) is 25.3 Å². The fourth-order valence-corrected chi connectivity index (χ4v) is 3.25. The second-order valence-corrected chi connectivity index (χ2v) is 6.55. The number of rotatable bonds is 5. The number of carbonyl (C=O) groups excluding carboxylic acids is 1.